The number of fused-ring (bicyclic) bond motifs is 2. The molecule has 1 amide bonds. The van der Waals surface area contributed by atoms with Crippen LogP contribution in [0.15, 0.2) is 60.7 Å². The third-order valence-electron chi connectivity index (χ3n) is 8.14. The molecule has 3 aliphatic rings. The predicted octanol–water partition coefficient (Wildman–Crippen LogP) is 3.79. The van der Waals surface area contributed by atoms with E-state index in [4.69, 9.17) is 9.16 Å². The first-order chi connectivity index (χ1) is 16.3. The number of carbonyl (C=O) groups is 2. The Morgan fingerprint density at radius 2 is 1.53 bits per heavy atom. The van der Waals surface area contributed by atoms with Gasteiger partial charge in [0.05, 0.1) is 18.7 Å². The van der Waals surface area contributed by atoms with Crippen LogP contribution in [0.4, 0.5) is 0 Å². The molecular weight excluding hydrogens is 442 g/mol. The van der Waals surface area contributed by atoms with Crippen molar-refractivity contribution in [2.45, 2.75) is 82.0 Å². The molecule has 5 rings (SSSR count). The number of carbonyl (C=O) groups excluding carboxylic acids is 2. The summed E-state index contributed by atoms with van der Waals surface area (Å²) in [6, 6.07) is 21.2. The van der Waals surface area contributed by atoms with Gasteiger partial charge in [-0.3, -0.25) is 9.59 Å². The van der Waals surface area contributed by atoms with Crippen LogP contribution in [0.3, 0.4) is 0 Å². The molecule has 2 aromatic rings. The van der Waals surface area contributed by atoms with Gasteiger partial charge in [-0.2, -0.15) is 0 Å². The zero-order chi connectivity index (χ0) is 24.0. The molecule has 0 aromatic heterocycles. The lowest BCUT2D eigenvalue weighted by molar-refractivity contribution is -0.167. The second-order valence-electron chi connectivity index (χ2n) is 11.1. The maximum Gasteiger partial charge on any atom is 0.306 e. The Balaban J connectivity index is 1.48. The SMILES string of the molecule is CC(C)(C)[Si](OC[C@@H]1CC[C@@H]2N1C(=O)CC[C@@]21CCC(=O)O1)(c1ccccc1)c1ccccc1. The number of amides is 1. The highest BCUT2D eigenvalue weighted by Gasteiger charge is 2.58. The van der Waals surface area contributed by atoms with E-state index in [0.717, 1.165) is 19.3 Å². The van der Waals surface area contributed by atoms with E-state index in [1.165, 1.54) is 10.4 Å². The minimum absolute atomic E-state index is 0.00984. The van der Waals surface area contributed by atoms with Gasteiger partial charge in [-0.05, 0) is 41.1 Å². The summed E-state index contributed by atoms with van der Waals surface area (Å²) in [6.07, 6.45) is 4.03. The summed E-state index contributed by atoms with van der Waals surface area (Å²) < 4.78 is 13.0. The van der Waals surface area contributed by atoms with Crippen molar-refractivity contribution in [2.24, 2.45) is 0 Å². The highest BCUT2D eigenvalue weighted by Crippen LogP contribution is 2.46. The molecule has 3 saturated heterocycles. The first kappa shape index (κ1) is 23.3. The normalized spacial score (nSPS) is 27.2. The molecule has 3 fully saturated rings. The largest absolute Gasteiger partial charge is 0.457 e. The zero-order valence-electron chi connectivity index (χ0n) is 20.5. The minimum atomic E-state index is -2.67. The molecule has 0 saturated carbocycles. The van der Waals surface area contributed by atoms with E-state index in [9.17, 15) is 9.59 Å². The van der Waals surface area contributed by atoms with Gasteiger partial charge in [0.25, 0.3) is 8.32 Å². The Morgan fingerprint density at radius 3 is 2.06 bits per heavy atom. The van der Waals surface area contributed by atoms with Crippen molar-refractivity contribution >= 4 is 30.6 Å². The molecule has 0 aliphatic carbocycles. The fourth-order valence-electron chi connectivity index (χ4n) is 6.59. The van der Waals surface area contributed by atoms with Crippen molar-refractivity contribution in [3.05, 3.63) is 60.7 Å². The van der Waals surface area contributed by atoms with Gasteiger partial charge in [-0.1, -0.05) is 81.4 Å². The molecule has 3 atom stereocenters. The third-order valence-corrected chi connectivity index (χ3v) is 13.1. The molecular formula is C28H35NO4Si. The lowest BCUT2D eigenvalue weighted by Gasteiger charge is -2.47. The summed E-state index contributed by atoms with van der Waals surface area (Å²) in [4.78, 5) is 27.1. The van der Waals surface area contributed by atoms with Crippen molar-refractivity contribution in [1.29, 1.82) is 0 Å². The number of esters is 1. The van der Waals surface area contributed by atoms with E-state index in [0.29, 0.717) is 25.9 Å². The average molecular weight is 478 g/mol. The van der Waals surface area contributed by atoms with E-state index < -0.39 is 13.9 Å². The van der Waals surface area contributed by atoms with Gasteiger partial charge in [0, 0.05) is 12.8 Å². The van der Waals surface area contributed by atoms with Crippen LogP contribution in [0, 0.1) is 0 Å². The lowest BCUT2D eigenvalue weighted by atomic mass is 9.82. The fraction of sp³-hybridized carbons (Fsp3) is 0.500. The van der Waals surface area contributed by atoms with Gasteiger partial charge in [0.1, 0.15) is 5.60 Å². The van der Waals surface area contributed by atoms with Crippen molar-refractivity contribution < 1.29 is 18.8 Å². The number of hydrogen-bond acceptors (Lipinski definition) is 4. The molecule has 34 heavy (non-hydrogen) atoms. The van der Waals surface area contributed by atoms with Gasteiger partial charge < -0.3 is 14.1 Å². The third kappa shape index (κ3) is 3.71. The molecule has 0 bridgehead atoms. The minimum Gasteiger partial charge on any atom is -0.457 e. The molecule has 3 heterocycles. The molecule has 0 unspecified atom stereocenters. The Bertz CT molecular complexity index is 1010. The van der Waals surface area contributed by atoms with Crippen LogP contribution in [-0.4, -0.2) is 49.4 Å². The highest BCUT2D eigenvalue weighted by molar-refractivity contribution is 6.99. The quantitative estimate of drug-likeness (QED) is 0.486. The molecule has 5 nitrogen and oxygen atoms in total. The first-order valence-electron chi connectivity index (χ1n) is 12.5. The van der Waals surface area contributed by atoms with Crippen LogP contribution >= 0.6 is 0 Å². The number of rotatable bonds is 5. The Hall–Kier alpha value is -2.44. The van der Waals surface area contributed by atoms with E-state index in [-0.39, 0.29) is 29.0 Å². The molecule has 180 valence electrons. The summed E-state index contributed by atoms with van der Waals surface area (Å²) in [7, 11) is -2.67. The Labute approximate surface area is 203 Å². The van der Waals surface area contributed by atoms with E-state index >= 15 is 0 Å². The molecule has 0 radical (unpaired) electrons. The smallest absolute Gasteiger partial charge is 0.306 e. The number of benzene rings is 2. The standard InChI is InChI=1S/C28H35NO4Si/c1-27(2,3)34(22-10-6-4-7-11-22,23-12-8-5-9-13-23)32-20-21-14-15-24-28(19-17-26(31)33-28)18-16-25(30)29(21)24/h4-13,21,24H,14-20H2,1-3H3/t21-,24-,28+/m0/s1. The van der Waals surface area contributed by atoms with Crippen LogP contribution < -0.4 is 10.4 Å². The van der Waals surface area contributed by atoms with Crippen molar-refractivity contribution in [1.82, 2.24) is 4.90 Å². The van der Waals surface area contributed by atoms with Gasteiger partial charge in [0.2, 0.25) is 5.91 Å². The molecule has 0 N–H and O–H groups in total. The van der Waals surface area contributed by atoms with E-state index in [1.54, 1.807) is 0 Å². The number of hydrogen-bond donors (Lipinski definition) is 0. The number of ether oxygens (including phenoxy) is 1. The summed E-state index contributed by atoms with van der Waals surface area (Å²) in [6.45, 7) is 7.32. The first-order valence-corrected chi connectivity index (χ1v) is 14.5. The summed E-state index contributed by atoms with van der Waals surface area (Å²) >= 11 is 0. The summed E-state index contributed by atoms with van der Waals surface area (Å²) in [5.74, 6) is 0.0495. The summed E-state index contributed by atoms with van der Waals surface area (Å²) in [5, 5.41) is 2.38. The van der Waals surface area contributed by atoms with Gasteiger partial charge in [-0.25, -0.2) is 0 Å². The topological polar surface area (TPSA) is 55.8 Å². The van der Waals surface area contributed by atoms with Crippen LogP contribution in [-0.2, 0) is 18.8 Å². The second-order valence-corrected chi connectivity index (χ2v) is 15.4. The monoisotopic (exact) mass is 477 g/mol. The van der Waals surface area contributed by atoms with Gasteiger partial charge in [-0.15, -0.1) is 0 Å². The number of piperidine rings is 1. The van der Waals surface area contributed by atoms with E-state index in [2.05, 4.69) is 69.3 Å². The predicted molar refractivity (Wildman–Crippen MR) is 135 cm³/mol. The zero-order valence-corrected chi connectivity index (χ0v) is 21.5. The van der Waals surface area contributed by atoms with E-state index in [1.807, 2.05) is 17.0 Å². The molecule has 2 aromatic carbocycles. The molecule has 3 aliphatic heterocycles. The second kappa shape index (κ2) is 8.65. The van der Waals surface area contributed by atoms with Crippen molar-refractivity contribution in [3.63, 3.8) is 0 Å². The molecule has 1 spiro atoms. The highest BCUT2D eigenvalue weighted by atomic mass is 28.4. The van der Waals surface area contributed by atoms with Crippen LogP contribution in [0.25, 0.3) is 0 Å². The van der Waals surface area contributed by atoms with Crippen molar-refractivity contribution in [3.8, 4) is 0 Å². The summed E-state index contributed by atoms with van der Waals surface area (Å²) in [5.41, 5.74) is -0.489. The maximum absolute atomic E-state index is 13.1. The van der Waals surface area contributed by atoms with Crippen molar-refractivity contribution in [2.75, 3.05) is 6.61 Å². The van der Waals surface area contributed by atoms with Gasteiger partial charge in [0.15, 0.2) is 0 Å². The van der Waals surface area contributed by atoms with Gasteiger partial charge >= 0.3 is 5.97 Å². The Morgan fingerprint density at radius 1 is 0.941 bits per heavy atom. The maximum atomic E-state index is 13.1. The Kier molecular flexibility index (Phi) is 5.93. The fourth-order valence-corrected chi connectivity index (χ4v) is 11.2. The van der Waals surface area contributed by atoms with Crippen LogP contribution in [0.1, 0.15) is 59.3 Å². The number of nitrogens with zero attached hydrogens (tertiary/aromatic N) is 1. The average Bonchev–Trinajstić information content (AvgIpc) is 3.43. The lowest BCUT2D eigenvalue weighted by Crippen LogP contribution is -2.67. The van der Waals surface area contributed by atoms with Crippen LogP contribution in [0.2, 0.25) is 5.04 Å². The molecule has 6 heteroatoms. The van der Waals surface area contributed by atoms with Crippen LogP contribution in [0.5, 0.6) is 0 Å².